The van der Waals surface area contributed by atoms with Gasteiger partial charge in [0, 0.05) is 14.1 Å². The van der Waals surface area contributed by atoms with Crippen LogP contribution in [-0.2, 0) is 14.1 Å². The molecule has 2 aromatic rings. The van der Waals surface area contributed by atoms with Crippen molar-refractivity contribution >= 4 is 7.55 Å². The summed E-state index contributed by atoms with van der Waals surface area (Å²) in [6.07, 6.45) is 6.90. The molecule has 0 aliphatic heterocycles. The lowest BCUT2D eigenvalue weighted by Gasteiger charge is -2.09. The fourth-order valence-corrected chi connectivity index (χ4v) is 1.02. The third kappa shape index (κ3) is 1.44. The molecule has 0 aliphatic rings. The van der Waals surface area contributed by atoms with Gasteiger partial charge in [-0.1, -0.05) is 0 Å². The van der Waals surface area contributed by atoms with Crippen LogP contribution in [0.15, 0.2) is 25.3 Å². The Bertz CT molecular complexity index is 366. The fourth-order valence-electron chi connectivity index (χ4n) is 1.02. The van der Waals surface area contributed by atoms with E-state index in [2.05, 4.69) is 9.97 Å². The van der Waals surface area contributed by atoms with Crippen molar-refractivity contribution in [2.45, 2.75) is 0 Å². The summed E-state index contributed by atoms with van der Waals surface area (Å²) in [7, 11) is 5.71. The first-order chi connectivity index (χ1) is 6.27. The number of hydrogen-bond donors (Lipinski definition) is 0. The van der Waals surface area contributed by atoms with Crippen molar-refractivity contribution in [2.24, 2.45) is 14.1 Å². The van der Waals surface area contributed by atoms with Crippen molar-refractivity contribution in [1.82, 2.24) is 19.3 Å². The number of hydrogen-bond acceptors (Lipinski definition) is 2. The van der Waals surface area contributed by atoms with Crippen LogP contribution in [-0.4, -0.2) is 26.9 Å². The smallest absolute Gasteiger partial charge is 0.274 e. The van der Waals surface area contributed by atoms with Gasteiger partial charge in [-0.2, -0.15) is 0 Å². The van der Waals surface area contributed by atoms with Gasteiger partial charge in [-0.3, -0.25) is 0 Å². The molecule has 0 fully saturated rings. The van der Waals surface area contributed by atoms with Crippen LogP contribution in [0.3, 0.4) is 0 Å². The number of nitrogens with zero attached hydrogens (tertiary/aromatic N) is 6. The molecule has 0 saturated carbocycles. The molecule has 0 amide bonds. The maximum absolute atomic E-state index is 3.98. The first-order valence-electron chi connectivity index (χ1n) is 3.88. The minimum absolute atomic E-state index is 1.72. The highest BCUT2D eigenvalue weighted by Crippen LogP contribution is 1.68. The molecule has 0 bridgehead atoms. The van der Waals surface area contributed by atoms with Crippen LogP contribution in [0.1, 0.15) is 0 Å². The lowest BCUT2D eigenvalue weighted by molar-refractivity contribution is -0.744. The molecule has 0 N–H and O–H groups in total. The second-order valence-electron chi connectivity index (χ2n) is 2.78. The third-order valence-electron chi connectivity index (χ3n) is 1.80. The first-order valence-corrected chi connectivity index (χ1v) is 3.88. The zero-order valence-electron chi connectivity index (χ0n) is 7.57. The Labute approximate surface area is 76.3 Å². The molecule has 2 rings (SSSR count). The van der Waals surface area contributed by atoms with Gasteiger partial charge in [-0.15, -0.1) is 0 Å². The van der Waals surface area contributed by atoms with E-state index in [9.17, 15) is 0 Å². The molecule has 66 valence electrons. The second-order valence-corrected chi connectivity index (χ2v) is 2.78. The summed E-state index contributed by atoms with van der Waals surface area (Å²) in [5.74, 6) is 0. The Kier molecular flexibility index (Phi) is 1.84. The lowest BCUT2D eigenvalue weighted by Crippen LogP contribution is -2.64. The van der Waals surface area contributed by atoms with Crippen molar-refractivity contribution in [2.75, 3.05) is 0 Å². The molecule has 2 aromatic heterocycles. The Hall–Kier alpha value is -1.66. The Morgan fingerprint density at radius 3 is 1.77 bits per heavy atom. The average Bonchev–Trinajstić information content (AvgIpc) is 2.65. The quantitative estimate of drug-likeness (QED) is 0.482. The third-order valence-corrected chi connectivity index (χ3v) is 1.80. The summed E-state index contributed by atoms with van der Waals surface area (Å²) in [5, 5.41) is 0. The summed E-state index contributed by atoms with van der Waals surface area (Å²) >= 11 is 0. The topological polar surface area (TPSA) is 43.4 Å². The van der Waals surface area contributed by atoms with Gasteiger partial charge in [0.1, 0.15) is 0 Å². The molecule has 2 heterocycles. The molecule has 6 nitrogen and oxygen atoms in total. The summed E-state index contributed by atoms with van der Waals surface area (Å²) in [6.45, 7) is 0. The highest BCUT2D eigenvalue weighted by Gasteiger charge is 2.01. The number of aromatic nitrogens is 6. The average molecular weight is 177 g/mol. The predicted octanol–water partition coefficient (Wildman–Crippen LogP) is -2.34. The van der Waals surface area contributed by atoms with E-state index in [1.165, 1.54) is 0 Å². The Morgan fingerprint density at radius 2 is 1.46 bits per heavy atom. The van der Waals surface area contributed by atoms with Gasteiger partial charge in [-0.05, 0) is 9.97 Å². The lowest BCUT2D eigenvalue weighted by atomic mass is 10.2. The monoisotopic (exact) mass is 177 g/mol. The van der Waals surface area contributed by atoms with Gasteiger partial charge in [0.05, 0.1) is 0 Å². The van der Waals surface area contributed by atoms with Gasteiger partial charge in [-0.25, -0.2) is 9.36 Å². The summed E-state index contributed by atoms with van der Waals surface area (Å²) in [4.78, 5) is 7.97. The minimum atomic E-state index is 1.72. The molecule has 0 aliphatic carbocycles. The SMILES string of the molecule is Cn1cnc[n+]1[B-][n+]1cncn1C. The van der Waals surface area contributed by atoms with Crippen LogP contribution in [0.25, 0.3) is 0 Å². The fraction of sp³-hybridized carbons (Fsp3) is 0.333. The van der Waals surface area contributed by atoms with Crippen molar-refractivity contribution in [3.05, 3.63) is 25.3 Å². The molecule has 0 aromatic carbocycles. The molecular weight excluding hydrogens is 167 g/mol. The zero-order chi connectivity index (χ0) is 9.26. The second kappa shape index (κ2) is 3.00. The van der Waals surface area contributed by atoms with Gasteiger partial charge in [0.25, 0.3) is 20.2 Å². The standard InChI is InChI=1S/C6H10BN6/c1-10-3-8-5-12(10)7-13-6-9-4-11(13)2/h3-6H,1-2H3/q+1. The summed E-state index contributed by atoms with van der Waals surface area (Å²) in [5.41, 5.74) is 0. The van der Waals surface area contributed by atoms with Crippen molar-refractivity contribution in [3.63, 3.8) is 0 Å². The molecule has 0 saturated heterocycles. The van der Waals surface area contributed by atoms with E-state index in [1.54, 1.807) is 25.3 Å². The van der Waals surface area contributed by atoms with E-state index in [4.69, 9.17) is 0 Å². The molecule has 0 spiro atoms. The van der Waals surface area contributed by atoms with Crippen molar-refractivity contribution < 1.29 is 9.19 Å². The largest absolute Gasteiger partial charge is 0.359 e. The highest BCUT2D eigenvalue weighted by atomic mass is 15.5. The van der Waals surface area contributed by atoms with E-state index in [1.807, 2.05) is 40.2 Å². The van der Waals surface area contributed by atoms with Crippen LogP contribution >= 0.6 is 0 Å². The van der Waals surface area contributed by atoms with E-state index < -0.39 is 0 Å². The maximum Gasteiger partial charge on any atom is 0.274 e. The van der Waals surface area contributed by atoms with Gasteiger partial charge in [0.15, 0.2) is 0 Å². The Balaban J connectivity index is 2.24. The minimum Gasteiger partial charge on any atom is -0.359 e. The Morgan fingerprint density at radius 1 is 1.00 bits per heavy atom. The van der Waals surface area contributed by atoms with Crippen LogP contribution in [0.5, 0.6) is 0 Å². The molecule has 13 heavy (non-hydrogen) atoms. The van der Waals surface area contributed by atoms with E-state index in [-0.39, 0.29) is 0 Å². The normalized spacial score (nSPS) is 10.6. The van der Waals surface area contributed by atoms with Gasteiger partial charge < -0.3 is 9.19 Å². The van der Waals surface area contributed by atoms with Crippen LogP contribution in [0, 0.1) is 0 Å². The molecule has 7 heteroatoms. The highest BCUT2D eigenvalue weighted by molar-refractivity contribution is 6.11. The van der Waals surface area contributed by atoms with Crippen molar-refractivity contribution in [1.29, 1.82) is 0 Å². The van der Waals surface area contributed by atoms with E-state index >= 15 is 0 Å². The summed E-state index contributed by atoms with van der Waals surface area (Å²) < 4.78 is 7.42. The van der Waals surface area contributed by atoms with Crippen LogP contribution in [0.2, 0.25) is 0 Å². The maximum atomic E-state index is 3.98. The molecular formula is C6H10BN6+. The summed E-state index contributed by atoms with van der Waals surface area (Å²) in [6, 6.07) is 0. The van der Waals surface area contributed by atoms with E-state index in [0.717, 1.165) is 0 Å². The number of aryl methyl sites for hydroxylation is 2. The molecule has 2 radical (unpaired) electrons. The first kappa shape index (κ1) is 7.97. The van der Waals surface area contributed by atoms with E-state index in [0.29, 0.717) is 0 Å². The zero-order valence-corrected chi connectivity index (χ0v) is 7.57. The van der Waals surface area contributed by atoms with Crippen LogP contribution in [0.4, 0.5) is 0 Å². The molecule has 0 unspecified atom stereocenters. The van der Waals surface area contributed by atoms with Gasteiger partial charge in [0.2, 0.25) is 12.7 Å². The van der Waals surface area contributed by atoms with Crippen LogP contribution < -0.4 is 9.19 Å². The molecule has 0 atom stereocenters. The van der Waals surface area contributed by atoms with Gasteiger partial charge >= 0.3 is 0 Å². The predicted molar refractivity (Wildman–Crippen MR) is 43.4 cm³/mol. The number of rotatable bonds is 2. The van der Waals surface area contributed by atoms with Crippen molar-refractivity contribution in [3.8, 4) is 0 Å².